The van der Waals surface area contributed by atoms with Crippen molar-refractivity contribution in [2.45, 2.75) is 6.92 Å². The van der Waals surface area contributed by atoms with E-state index in [-0.39, 0.29) is 0 Å². The summed E-state index contributed by atoms with van der Waals surface area (Å²) in [7, 11) is 0. The molecule has 0 aliphatic rings. The highest BCUT2D eigenvalue weighted by Crippen LogP contribution is 2.32. The van der Waals surface area contributed by atoms with Crippen molar-refractivity contribution in [3.63, 3.8) is 0 Å². The number of aromatic nitrogens is 2. The summed E-state index contributed by atoms with van der Waals surface area (Å²) in [6.45, 7) is 2.11. The smallest absolute Gasteiger partial charge is 0.0724 e. The van der Waals surface area contributed by atoms with Gasteiger partial charge in [0, 0.05) is 22.7 Å². The standard InChI is InChI=1S/C24H18N2/c1-17-6-8-18(9-7-17)19-10-12-20(13-11-19)26-23-5-3-2-4-21(23)22-14-15-25-16-24(22)26/h2-16H,1H3. The Kier molecular flexibility index (Phi) is 3.36. The molecule has 0 N–H and O–H groups in total. The second kappa shape index (κ2) is 5.85. The number of pyridine rings is 1. The van der Waals surface area contributed by atoms with Gasteiger partial charge in [-0.1, -0.05) is 60.2 Å². The molecule has 5 aromatic rings. The minimum atomic E-state index is 1.14. The van der Waals surface area contributed by atoms with Gasteiger partial charge in [0.15, 0.2) is 0 Å². The van der Waals surface area contributed by atoms with Gasteiger partial charge < -0.3 is 4.57 Å². The third-order valence-electron chi connectivity index (χ3n) is 4.99. The van der Waals surface area contributed by atoms with Gasteiger partial charge in [-0.25, -0.2) is 0 Å². The molecule has 26 heavy (non-hydrogen) atoms. The zero-order valence-electron chi connectivity index (χ0n) is 14.6. The predicted molar refractivity (Wildman–Crippen MR) is 109 cm³/mol. The van der Waals surface area contributed by atoms with E-state index in [2.05, 4.69) is 95.3 Å². The van der Waals surface area contributed by atoms with Crippen LogP contribution in [0.1, 0.15) is 5.56 Å². The number of benzene rings is 3. The largest absolute Gasteiger partial charge is 0.308 e. The zero-order valence-corrected chi connectivity index (χ0v) is 14.6. The Labute approximate surface area is 152 Å². The van der Waals surface area contributed by atoms with Crippen LogP contribution in [0, 0.1) is 6.92 Å². The lowest BCUT2D eigenvalue weighted by molar-refractivity contribution is 1.17. The van der Waals surface area contributed by atoms with Crippen LogP contribution in [-0.4, -0.2) is 9.55 Å². The quantitative estimate of drug-likeness (QED) is 0.378. The number of rotatable bonds is 2. The highest BCUT2D eigenvalue weighted by atomic mass is 15.0. The number of para-hydroxylation sites is 1. The SMILES string of the molecule is Cc1ccc(-c2ccc(-n3c4ccccc4c4ccncc43)cc2)cc1. The fourth-order valence-electron chi connectivity index (χ4n) is 3.65. The molecule has 0 spiro atoms. The summed E-state index contributed by atoms with van der Waals surface area (Å²) in [5, 5.41) is 2.49. The molecule has 2 nitrogen and oxygen atoms in total. The van der Waals surface area contributed by atoms with Gasteiger partial charge in [0.05, 0.1) is 17.2 Å². The summed E-state index contributed by atoms with van der Waals surface area (Å²) in [4.78, 5) is 4.35. The molecule has 2 heteroatoms. The molecule has 0 unspecified atom stereocenters. The van der Waals surface area contributed by atoms with Crippen molar-refractivity contribution in [1.29, 1.82) is 0 Å². The van der Waals surface area contributed by atoms with Gasteiger partial charge in [-0.15, -0.1) is 0 Å². The Morgan fingerprint density at radius 1 is 0.654 bits per heavy atom. The monoisotopic (exact) mass is 334 g/mol. The van der Waals surface area contributed by atoms with Crippen LogP contribution in [0.15, 0.2) is 91.3 Å². The molecule has 0 aliphatic carbocycles. The van der Waals surface area contributed by atoms with Crippen molar-refractivity contribution in [2.24, 2.45) is 0 Å². The number of fused-ring (bicyclic) bond motifs is 3. The summed E-state index contributed by atoms with van der Waals surface area (Å²) >= 11 is 0. The molecule has 0 bridgehead atoms. The summed E-state index contributed by atoms with van der Waals surface area (Å²) < 4.78 is 2.29. The highest BCUT2D eigenvalue weighted by molar-refractivity contribution is 6.08. The number of hydrogen-bond acceptors (Lipinski definition) is 1. The molecule has 0 radical (unpaired) electrons. The second-order valence-corrected chi connectivity index (χ2v) is 6.66. The molecule has 0 amide bonds. The van der Waals surface area contributed by atoms with E-state index in [4.69, 9.17) is 0 Å². The molecule has 0 saturated carbocycles. The Morgan fingerprint density at radius 2 is 1.31 bits per heavy atom. The van der Waals surface area contributed by atoms with Crippen molar-refractivity contribution in [3.8, 4) is 16.8 Å². The van der Waals surface area contributed by atoms with Crippen molar-refractivity contribution in [2.75, 3.05) is 0 Å². The molecule has 2 heterocycles. The Balaban J connectivity index is 1.69. The van der Waals surface area contributed by atoms with Crippen LogP contribution in [-0.2, 0) is 0 Å². The lowest BCUT2D eigenvalue weighted by Crippen LogP contribution is -1.93. The Hall–Kier alpha value is -3.39. The molecule has 5 rings (SSSR count). The van der Waals surface area contributed by atoms with Gasteiger partial charge >= 0.3 is 0 Å². The maximum absolute atomic E-state index is 4.35. The number of aryl methyl sites for hydroxylation is 1. The van der Waals surface area contributed by atoms with Gasteiger partial charge in [0.1, 0.15) is 0 Å². The van der Waals surface area contributed by atoms with E-state index in [9.17, 15) is 0 Å². The summed E-state index contributed by atoms with van der Waals surface area (Å²) in [5.41, 5.74) is 7.25. The normalized spacial score (nSPS) is 11.3. The molecule has 0 saturated heterocycles. The maximum Gasteiger partial charge on any atom is 0.0724 e. The first-order valence-corrected chi connectivity index (χ1v) is 8.82. The van der Waals surface area contributed by atoms with E-state index in [0.29, 0.717) is 0 Å². The van der Waals surface area contributed by atoms with Crippen LogP contribution in [0.25, 0.3) is 38.6 Å². The third kappa shape index (κ3) is 2.31. The van der Waals surface area contributed by atoms with Crippen LogP contribution in [0.5, 0.6) is 0 Å². The molecule has 0 aliphatic heterocycles. The van der Waals surface area contributed by atoms with Gasteiger partial charge in [0.2, 0.25) is 0 Å². The van der Waals surface area contributed by atoms with Crippen LogP contribution in [0.4, 0.5) is 0 Å². The number of hydrogen-bond donors (Lipinski definition) is 0. The molecule has 0 atom stereocenters. The maximum atomic E-state index is 4.35. The van der Waals surface area contributed by atoms with Gasteiger partial charge in [0.25, 0.3) is 0 Å². The molecular weight excluding hydrogens is 316 g/mol. The molecule has 3 aromatic carbocycles. The molecule has 2 aromatic heterocycles. The van der Waals surface area contributed by atoms with Crippen LogP contribution in [0.2, 0.25) is 0 Å². The van der Waals surface area contributed by atoms with Crippen molar-refractivity contribution in [1.82, 2.24) is 9.55 Å². The Morgan fingerprint density at radius 3 is 2.08 bits per heavy atom. The first-order chi connectivity index (χ1) is 12.8. The van der Waals surface area contributed by atoms with E-state index >= 15 is 0 Å². The lowest BCUT2D eigenvalue weighted by Gasteiger charge is -2.09. The van der Waals surface area contributed by atoms with Crippen molar-refractivity contribution < 1.29 is 0 Å². The summed E-state index contributed by atoms with van der Waals surface area (Å²) in [6, 6.07) is 28.0. The third-order valence-corrected chi connectivity index (χ3v) is 4.99. The van der Waals surface area contributed by atoms with Crippen LogP contribution >= 0.6 is 0 Å². The van der Waals surface area contributed by atoms with Gasteiger partial charge in [-0.05, 0) is 42.3 Å². The minimum absolute atomic E-state index is 1.14. The second-order valence-electron chi connectivity index (χ2n) is 6.66. The average Bonchev–Trinajstić information content (AvgIpc) is 3.03. The van der Waals surface area contributed by atoms with Crippen molar-refractivity contribution >= 4 is 21.8 Å². The van der Waals surface area contributed by atoms with E-state index in [1.165, 1.54) is 33.0 Å². The number of nitrogens with zero attached hydrogens (tertiary/aromatic N) is 2. The summed E-state index contributed by atoms with van der Waals surface area (Å²) in [5.74, 6) is 0. The van der Waals surface area contributed by atoms with Crippen LogP contribution in [0.3, 0.4) is 0 Å². The molecule has 124 valence electrons. The van der Waals surface area contributed by atoms with Gasteiger partial charge in [-0.2, -0.15) is 0 Å². The van der Waals surface area contributed by atoms with E-state index in [1.54, 1.807) is 0 Å². The van der Waals surface area contributed by atoms with Crippen molar-refractivity contribution in [3.05, 3.63) is 96.8 Å². The predicted octanol–water partition coefficient (Wildman–Crippen LogP) is 6.15. The first kappa shape index (κ1) is 14.9. The van der Waals surface area contributed by atoms with E-state index in [0.717, 1.165) is 11.2 Å². The fourth-order valence-corrected chi connectivity index (χ4v) is 3.65. The summed E-state index contributed by atoms with van der Waals surface area (Å²) in [6.07, 6.45) is 3.81. The molecular formula is C24H18N2. The Bertz CT molecular complexity index is 1160. The van der Waals surface area contributed by atoms with Gasteiger partial charge in [-0.3, -0.25) is 4.98 Å². The average molecular weight is 334 g/mol. The first-order valence-electron chi connectivity index (χ1n) is 8.82. The zero-order chi connectivity index (χ0) is 17.5. The van der Waals surface area contributed by atoms with E-state index < -0.39 is 0 Å². The minimum Gasteiger partial charge on any atom is -0.308 e. The topological polar surface area (TPSA) is 17.8 Å². The van der Waals surface area contributed by atoms with E-state index in [1.807, 2.05) is 12.4 Å². The van der Waals surface area contributed by atoms with Crippen LogP contribution < -0.4 is 0 Å². The highest BCUT2D eigenvalue weighted by Gasteiger charge is 2.11. The lowest BCUT2D eigenvalue weighted by atomic mass is 10.0. The fraction of sp³-hybridized carbons (Fsp3) is 0.0417. The molecule has 0 fully saturated rings.